The Kier molecular flexibility index (Phi) is 5.48. The largest absolute Gasteiger partial charge is 0.496 e. The molecule has 0 saturated carbocycles. The number of methoxy groups -OCH3 is 2. The van der Waals surface area contributed by atoms with Crippen LogP contribution in [0.15, 0.2) is 46.2 Å². The van der Waals surface area contributed by atoms with Crippen molar-refractivity contribution in [1.82, 2.24) is 10.4 Å². The molecule has 6 nitrogen and oxygen atoms in total. The van der Waals surface area contributed by atoms with Crippen LogP contribution in [0.3, 0.4) is 0 Å². The highest BCUT2D eigenvalue weighted by molar-refractivity contribution is 9.10. The molecule has 0 aliphatic carbocycles. The fourth-order valence-corrected chi connectivity index (χ4v) is 2.23. The molecule has 0 bridgehead atoms. The maximum atomic E-state index is 11.8. The highest BCUT2D eigenvalue weighted by Gasteiger charge is 2.08. The minimum atomic E-state index is -0.337. The summed E-state index contributed by atoms with van der Waals surface area (Å²) in [6.45, 7) is 0. The predicted molar refractivity (Wildman–Crippen MR) is 86.5 cm³/mol. The number of rotatable bonds is 5. The SMILES string of the molecule is COc1cc(OC)c(C=NNC(=O)c2cccnc2)cc1Br. The maximum Gasteiger partial charge on any atom is 0.272 e. The molecule has 7 heteroatoms. The summed E-state index contributed by atoms with van der Waals surface area (Å²) in [5, 5.41) is 3.93. The number of halogens is 1. The van der Waals surface area contributed by atoms with E-state index in [0.717, 1.165) is 4.47 Å². The van der Waals surface area contributed by atoms with Crippen molar-refractivity contribution in [3.63, 3.8) is 0 Å². The van der Waals surface area contributed by atoms with E-state index in [-0.39, 0.29) is 5.91 Å². The summed E-state index contributed by atoms with van der Waals surface area (Å²) >= 11 is 3.39. The van der Waals surface area contributed by atoms with Crippen LogP contribution in [0.2, 0.25) is 0 Å². The highest BCUT2D eigenvalue weighted by Crippen LogP contribution is 2.31. The molecule has 0 spiro atoms. The number of nitrogens with zero attached hydrogens (tertiary/aromatic N) is 2. The number of nitrogens with one attached hydrogen (secondary N) is 1. The molecule has 1 amide bonds. The van der Waals surface area contributed by atoms with Crippen LogP contribution in [0.25, 0.3) is 0 Å². The van der Waals surface area contributed by atoms with Gasteiger partial charge >= 0.3 is 0 Å². The number of aromatic nitrogens is 1. The molecule has 114 valence electrons. The molecule has 0 aliphatic heterocycles. The number of ether oxygens (including phenoxy) is 2. The van der Waals surface area contributed by atoms with Gasteiger partial charge in [-0.3, -0.25) is 9.78 Å². The van der Waals surface area contributed by atoms with Crippen molar-refractivity contribution in [3.05, 3.63) is 52.3 Å². The van der Waals surface area contributed by atoms with Crippen molar-refractivity contribution in [2.75, 3.05) is 14.2 Å². The summed E-state index contributed by atoms with van der Waals surface area (Å²) in [5.41, 5.74) is 3.56. The van der Waals surface area contributed by atoms with E-state index >= 15 is 0 Å². The molecule has 2 aromatic rings. The quantitative estimate of drug-likeness (QED) is 0.654. The monoisotopic (exact) mass is 363 g/mol. The number of hydrogen-bond acceptors (Lipinski definition) is 5. The number of hydrazone groups is 1. The Morgan fingerprint density at radius 3 is 2.73 bits per heavy atom. The van der Waals surface area contributed by atoms with Gasteiger partial charge in [-0.2, -0.15) is 5.10 Å². The molecule has 1 aromatic carbocycles. The first-order valence-electron chi connectivity index (χ1n) is 6.30. The van der Waals surface area contributed by atoms with E-state index in [1.54, 1.807) is 44.7 Å². The molecule has 0 saturated heterocycles. The van der Waals surface area contributed by atoms with E-state index in [4.69, 9.17) is 9.47 Å². The number of carbonyl (C=O) groups is 1. The van der Waals surface area contributed by atoms with Gasteiger partial charge in [0.1, 0.15) is 11.5 Å². The van der Waals surface area contributed by atoms with Crippen molar-refractivity contribution >= 4 is 28.1 Å². The Bertz CT molecular complexity index is 690. The summed E-state index contributed by atoms with van der Waals surface area (Å²) in [4.78, 5) is 15.7. The molecule has 0 fully saturated rings. The third-order valence-corrected chi connectivity index (χ3v) is 3.42. The Balaban J connectivity index is 2.13. The van der Waals surface area contributed by atoms with E-state index in [0.29, 0.717) is 22.6 Å². The minimum Gasteiger partial charge on any atom is -0.496 e. The number of hydrogen-bond donors (Lipinski definition) is 1. The number of benzene rings is 1. The van der Waals surface area contributed by atoms with E-state index in [2.05, 4.69) is 31.4 Å². The van der Waals surface area contributed by atoms with Gasteiger partial charge in [0.15, 0.2) is 0 Å². The van der Waals surface area contributed by atoms with E-state index in [1.807, 2.05) is 0 Å². The van der Waals surface area contributed by atoms with Crippen molar-refractivity contribution in [3.8, 4) is 11.5 Å². The van der Waals surface area contributed by atoms with Gasteiger partial charge in [-0.15, -0.1) is 0 Å². The first-order valence-corrected chi connectivity index (χ1v) is 7.10. The van der Waals surface area contributed by atoms with E-state index < -0.39 is 0 Å². The van der Waals surface area contributed by atoms with Gasteiger partial charge in [-0.25, -0.2) is 5.43 Å². The lowest BCUT2D eigenvalue weighted by Gasteiger charge is -2.09. The van der Waals surface area contributed by atoms with Crippen LogP contribution >= 0.6 is 15.9 Å². The summed E-state index contributed by atoms with van der Waals surface area (Å²) in [6.07, 6.45) is 4.56. The zero-order valence-corrected chi connectivity index (χ0v) is 13.6. The fraction of sp³-hybridized carbons (Fsp3) is 0.133. The molecule has 0 unspecified atom stereocenters. The Morgan fingerprint density at radius 2 is 2.09 bits per heavy atom. The lowest BCUT2D eigenvalue weighted by Crippen LogP contribution is -2.17. The maximum absolute atomic E-state index is 11.8. The lowest BCUT2D eigenvalue weighted by atomic mass is 10.2. The minimum absolute atomic E-state index is 0.337. The van der Waals surface area contributed by atoms with Crippen LogP contribution in [0.5, 0.6) is 11.5 Å². The summed E-state index contributed by atoms with van der Waals surface area (Å²) < 4.78 is 11.2. The van der Waals surface area contributed by atoms with Crippen molar-refractivity contribution < 1.29 is 14.3 Å². The molecule has 0 radical (unpaired) electrons. The molecule has 2 rings (SSSR count). The van der Waals surface area contributed by atoms with E-state index in [9.17, 15) is 4.79 Å². The van der Waals surface area contributed by atoms with Gasteiger partial charge in [0.25, 0.3) is 5.91 Å². The smallest absolute Gasteiger partial charge is 0.272 e. The molecule has 22 heavy (non-hydrogen) atoms. The Labute approximate surface area is 136 Å². The normalized spacial score (nSPS) is 10.5. The summed E-state index contributed by atoms with van der Waals surface area (Å²) in [5.74, 6) is 0.892. The van der Waals surface area contributed by atoms with Crippen LogP contribution in [-0.4, -0.2) is 31.3 Å². The zero-order chi connectivity index (χ0) is 15.9. The molecule has 1 N–H and O–H groups in total. The molecular weight excluding hydrogens is 350 g/mol. The Morgan fingerprint density at radius 1 is 1.32 bits per heavy atom. The average molecular weight is 364 g/mol. The summed E-state index contributed by atoms with van der Waals surface area (Å²) in [6, 6.07) is 6.86. The van der Waals surface area contributed by atoms with Gasteiger partial charge in [-0.1, -0.05) is 0 Å². The van der Waals surface area contributed by atoms with Crippen LogP contribution in [0.1, 0.15) is 15.9 Å². The average Bonchev–Trinajstić information content (AvgIpc) is 2.55. The van der Waals surface area contributed by atoms with Crippen molar-refractivity contribution in [2.24, 2.45) is 5.10 Å². The molecule has 0 atom stereocenters. The van der Waals surface area contributed by atoms with Gasteiger partial charge in [-0.05, 0) is 34.1 Å². The van der Waals surface area contributed by atoms with E-state index in [1.165, 1.54) is 12.4 Å². The second-order valence-electron chi connectivity index (χ2n) is 4.17. The molecule has 1 heterocycles. The molecule has 0 aliphatic rings. The van der Waals surface area contributed by atoms with Gasteiger partial charge in [0, 0.05) is 24.0 Å². The second kappa shape index (κ2) is 7.56. The van der Waals surface area contributed by atoms with Gasteiger partial charge in [0.2, 0.25) is 0 Å². The van der Waals surface area contributed by atoms with Crippen LogP contribution < -0.4 is 14.9 Å². The fourth-order valence-electron chi connectivity index (χ4n) is 1.71. The number of carbonyl (C=O) groups excluding carboxylic acids is 1. The first kappa shape index (κ1) is 16.0. The standard InChI is InChI=1S/C15H14BrN3O3/c1-21-13-7-14(22-2)12(16)6-11(13)9-18-19-15(20)10-4-3-5-17-8-10/h3-9H,1-2H3,(H,19,20). The predicted octanol–water partition coefficient (Wildman–Crippen LogP) is 2.63. The lowest BCUT2D eigenvalue weighted by molar-refractivity contribution is 0.0955. The van der Waals surface area contributed by atoms with Crippen LogP contribution in [0, 0.1) is 0 Å². The van der Waals surface area contributed by atoms with Crippen molar-refractivity contribution in [1.29, 1.82) is 0 Å². The van der Waals surface area contributed by atoms with Crippen molar-refractivity contribution in [2.45, 2.75) is 0 Å². The van der Waals surface area contributed by atoms with Crippen LogP contribution in [0.4, 0.5) is 0 Å². The number of amides is 1. The highest BCUT2D eigenvalue weighted by atomic mass is 79.9. The molecular formula is C15H14BrN3O3. The van der Waals surface area contributed by atoms with Crippen LogP contribution in [-0.2, 0) is 0 Å². The first-order chi connectivity index (χ1) is 10.7. The summed E-state index contributed by atoms with van der Waals surface area (Å²) in [7, 11) is 3.12. The third-order valence-electron chi connectivity index (χ3n) is 2.80. The molecule has 1 aromatic heterocycles. The number of pyridine rings is 1. The zero-order valence-electron chi connectivity index (χ0n) is 12.0. The van der Waals surface area contributed by atoms with Gasteiger partial charge < -0.3 is 9.47 Å². The third kappa shape index (κ3) is 3.82. The Hall–Kier alpha value is -2.41. The second-order valence-corrected chi connectivity index (χ2v) is 5.02. The van der Waals surface area contributed by atoms with Gasteiger partial charge in [0.05, 0.1) is 30.5 Å². The topological polar surface area (TPSA) is 72.8 Å².